The number of rotatable bonds is 11. The number of nitriles is 1. The number of hydrogen-bond acceptors (Lipinski definition) is 10. The molecule has 2 heterocycles. The molecule has 3 rings (SSSR count). The molecule has 0 radical (unpaired) electrons. The Bertz CT molecular complexity index is 1170. The molecule has 2 amide bonds. The van der Waals surface area contributed by atoms with Crippen LogP contribution in [0.2, 0.25) is 0 Å². The van der Waals surface area contributed by atoms with Gasteiger partial charge in [-0.2, -0.15) is 10.4 Å². The van der Waals surface area contributed by atoms with E-state index in [0.29, 0.717) is 54.6 Å². The van der Waals surface area contributed by atoms with Crippen LogP contribution in [0.15, 0.2) is 29.4 Å². The highest BCUT2D eigenvalue weighted by molar-refractivity contribution is 5.84. The van der Waals surface area contributed by atoms with Crippen LogP contribution >= 0.6 is 0 Å². The van der Waals surface area contributed by atoms with E-state index in [1.165, 1.54) is 20.4 Å². The number of methoxy groups -OCH3 is 2. The maximum absolute atomic E-state index is 12.3. The molecule has 0 aliphatic carbocycles. The second-order valence-electron chi connectivity index (χ2n) is 7.92. The molecule has 37 heavy (non-hydrogen) atoms. The molecular weight excluding hydrogens is 482 g/mol. The highest BCUT2D eigenvalue weighted by Gasteiger charge is 2.18. The third kappa shape index (κ3) is 7.89. The van der Waals surface area contributed by atoms with Gasteiger partial charge in [0.1, 0.15) is 11.6 Å². The van der Waals surface area contributed by atoms with Crippen LogP contribution < -0.4 is 19.6 Å². The van der Waals surface area contributed by atoms with Crippen LogP contribution in [0.25, 0.3) is 0 Å². The van der Waals surface area contributed by atoms with Crippen molar-refractivity contribution < 1.29 is 33.3 Å². The second-order valence-corrected chi connectivity index (χ2v) is 7.92. The van der Waals surface area contributed by atoms with E-state index in [2.05, 4.69) is 15.5 Å². The molecule has 2 aromatic rings. The molecule has 1 fully saturated rings. The second kappa shape index (κ2) is 13.8. The van der Waals surface area contributed by atoms with Crippen LogP contribution in [0.1, 0.15) is 22.4 Å². The largest absolute Gasteiger partial charge is 0.493 e. The summed E-state index contributed by atoms with van der Waals surface area (Å²) in [5.74, 6) is 0.213. The number of amides is 2. The van der Waals surface area contributed by atoms with E-state index in [1.807, 2.05) is 6.07 Å². The van der Waals surface area contributed by atoms with Gasteiger partial charge in [0.15, 0.2) is 24.7 Å². The van der Waals surface area contributed by atoms with Gasteiger partial charge >= 0.3 is 0 Å². The minimum Gasteiger partial charge on any atom is -0.493 e. The molecule has 0 unspecified atom stereocenters. The lowest BCUT2D eigenvalue weighted by atomic mass is 10.1. The van der Waals surface area contributed by atoms with Crippen molar-refractivity contribution in [1.82, 2.24) is 15.3 Å². The summed E-state index contributed by atoms with van der Waals surface area (Å²) in [4.78, 5) is 30.4. The van der Waals surface area contributed by atoms with E-state index in [4.69, 9.17) is 23.7 Å². The standard InChI is InChI=1S/C25H29N5O7/c1-17-10-19(14-33-2)20(12-26)25(28-17)37-15-23(31)29-27-13-18-4-5-21(22(11-18)34-3)36-16-24(32)30-6-8-35-9-7-30/h4-5,10-11,13H,6-9,14-16H2,1-3H3,(H,29,31)/b27-13+. The fourth-order valence-corrected chi connectivity index (χ4v) is 3.48. The summed E-state index contributed by atoms with van der Waals surface area (Å²) in [5.41, 5.74) is 4.45. The molecule has 12 heteroatoms. The van der Waals surface area contributed by atoms with Crippen LogP contribution in [0, 0.1) is 18.3 Å². The van der Waals surface area contributed by atoms with Crippen LogP contribution in [0.3, 0.4) is 0 Å². The summed E-state index contributed by atoms with van der Waals surface area (Å²) in [5, 5.41) is 13.4. The number of hydrogen-bond donors (Lipinski definition) is 1. The minimum atomic E-state index is -0.537. The van der Waals surface area contributed by atoms with Crippen molar-refractivity contribution in [2.45, 2.75) is 13.5 Å². The topological polar surface area (TPSA) is 145 Å². The van der Waals surface area contributed by atoms with Crippen LogP contribution in [0.4, 0.5) is 0 Å². The van der Waals surface area contributed by atoms with Crippen molar-refractivity contribution in [3.05, 3.63) is 46.6 Å². The molecule has 1 aliphatic heterocycles. The van der Waals surface area contributed by atoms with E-state index >= 15 is 0 Å². The minimum absolute atomic E-state index is 0.0566. The Morgan fingerprint density at radius 2 is 1.97 bits per heavy atom. The summed E-state index contributed by atoms with van der Waals surface area (Å²) in [6.07, 6.45) is 1.42. The monoisotopic (exact) mass is 511 g/mol. The smallest absolute Gasteiger partial charge is 0.278 e. The molecule has 12 nitrogen and oxygen atoms in total. The normalized spacial score (nSPS) is 13.2. The summed E-state index contributed by atoms with van der Waals surface area (Å²) in [6.45, 7) is 3.59. The lowest BCUT2D eigenvalue weighted by Crippen LogP contribution is -2.43. The Kier molecular flexibility index (Phi) is 10.2. The maximum atomic E-state index is 12.3. The van der Waals surface area contributed by atoms with Gasteiger partial charge in [-0.1, -0.05) is 0 Å². The Labute approximate surface area is 214 Å². The fourth-order valence-electron chi connectivity index (χ4n) is 3.48. The average Bonchev–Trinajstić information content (AvgIpc) is 2.91. The Hall–Kier alpha value is -4.21. The number of nitrogens with one attached hydrogen (secondary N) is 1. The lowest BCUT2D eigenvalue weighted by molar-refractivity contribution is -0.137. The number of nitrogens with zero attached hydrogens (tertiary/aromatic N) is 4. The number of carbonyl (C=O) groups is 2. The van der Waals surface area contributed by atoms with Gasteiger partial charge in [-0.05, 0) is 36.8 Å². The molecule has 1 saturated heterocycles. The number of aryl methyl sites for hydroxylation is 1. The first kappa shape index (κ1) is 27.4. The Morgan fingerprint density at radius 1 is 1.19 bits per heavy atom. The first-order valence-corrected chi connectivity index (χ1v) is 11.5. The van der Waals surface area contributed by atoms with Gasteiger partial charge in [0.05, 0.1) is 33.1 Å². The quantitative estimate of drug-likeness (QED) is 0.347. The van der Waals surface area contributed by atoms with E-state index in [-0.39, 0.29) is 37.2 Å². The van der Waals surface area contributed by atoms with Gasteiger partial charge in [0, 0.05) is 31.5 Å². The Balaban J connectivity index is 1.53. The third-order valence-corrected chi connectivity index (χ3v) is 5.25. The van der Waals surface area contributed by atoms with Gasteiger partial charge in [-0.25, -0.2) is 10.4 Å². The number of aromatic nitrogens is 1. The van der Waals surface area contributed by atoms with Crippen molar-refractivity contribution in [2.75, 3.05) is 53.7 Å². The number of carbonyl (C=O) groups excluding carboxylic acids is 2. The zero-order chi connectivity index (χ0) is 26.6. The van der Waals surface area contributed by atoms with E-state index < -0.39 is 5.91 Å². The van der Waals surface area contributed by atoms with Gasteiger partial charge in [0.25, 0.3) is 11.8 Å². The summed E-state index contributed by atoms with van der Waals surface area (Å²) in [7, 11) is 3.01. The lowest BCUT2D eigenvalue weighted by Gasteiger charge is -2.26. The fraction of sp³-hybridized carbons (Fsp3) is 0.400. The number of benzene rings is 1. The van der Waals surface area contributed by atoms with Crippen molar-refractivity contribution in [1.29, 1.82) is 5.26 Å². The molecular formula is C25H29N5O7. The summed E-state index contributed by atoms with van der Waals surface area (Å²) < 4.78 is 26.8. The molecule has 0 atom stereocenters. The number of pyridine rings is 1. The molecule has 1 aliphatic rings. The van der Waals surface area contributed by atoms with Crippen molar-refractivity contribution in [3.63, 3.8) is 0 Å². The van der Waals surface area contributed by atoms with Gasteiger partial charge in [-0.15, -0.1) is 0 Å². The predicted octanol–water partition coefficient (Wildman–Crippen LogP) is 1.18. The van der Waals surface area contributed by atoms with E-state index in [1.54, 1.807) is 36.1 Å². The SMILES string of the molecule is COCc1cc(C)nc(OCC(=O)N/N=C/c2ccc(OCC(=O)N3CCOCC3)c(OC)c2)c1C#N. The highest BCUT2D eigenvalue weighted by Crippen LogP contribution is 2.27. The molecule has 0 spiro atoms. The first-order valence-electron chi connectivity index (χ1n) is 11.5. The van der Waals surface area contributed by atoms with Crippen LogP contribution in [0.5, 0.6) is 17.4 Å². The van der Waals surface area contributed by atoms with E-state index in [9.17, 15) is 14.9 Å². The zero-order valence-electron chi connectivity index (χ0n) is 21.0. The van der Waals surface area contributed by atoms with Crippen LogP contribution in [-0.2, 0) is 25.7 Å². The van der Waals surface area contributed by atoms with Crippen molar-refractivity contribution in [3.8, 4) is 23.4 Å². The molecule has 196 valence electrons. The van der Waals surface area contributed by atoms with Gasteiger partial charge in [-0.3, -0.25) is 9.59 Å². The third-order valence-electron chi connectivity index (χ3n) is 5.25. The summed E-state index contributed by atoms with van der Waals surface area (Å²) >= 11 is 0. The van der Waals surface area contributed by atoms with Crippen molar-refractivity contribution in [2.24, 2.45) is 5.10 Å². The number of hydrazone groups is 1. The number of morpholine rings is 1. The van der Waals surface area contributed by atoms with E-state index in [0.717, 1.165) is 0 Å². The molecule has 1 aromatic carbocycles. The molecule has 1 N–H and O–H groups in total. The Morgan fingerprint density at radius 3 is 2.68 bits per heavy atom. The average molecular weight is 512 g/mol. The first-order chi connectivity index (χ1) is 17.9. The van der Waals surface area contributed by atoms with Crippen molar-refractivity contribution >= 4 is 18.0 Å². The molecule has 1 aromatic heterocycles. The predicted molar refractivity (Wildman–Crippen MR) is 132 cm³/mol. The van der Waals surface area contributed by atoms with Gasteiger partial charge < -0.3 is 28.6 Å². The summed E-state index contributed by atoms with van der Waals surface area (Å²) in [6, 6.07) is 8.78. The number of ether oxygens (including phenoxy) is 5. The maximum Gasteiger partial charge on any atom is 0.278 e. The highest BCUT2D eigenvalue weighted by atomic mass is 16.5. The van der Waals surface area contributed by atoms with Gasteiger partial charge in [0.2, 0.25) is 5.88 Å². The molecule has 0 saturated carbocycles. The van der Waals surface area contributed by atoms with Crippen LogP contribution in [-0.4, -0.2) is 81.6 Å². The zero-order valence-corrected chi connectivity index (χ0v) is 21.0. The molecule has 0 bridgehead atoms.